The Kier molecular flexibility index (Phi) is 6.32. The van der Waals surface area contributed by atoms with Crippen molar-refractivity contribution >= 4 is 54.3 Å². The van der Waals surface area contributed by atoms with Gasteiger partial charge in [0.2, 0.25) is 17.9 Å². The van der Waals surface area contributed by atoms with Crippen LogP contribution in [-0.2, 0) is 0 Å². The molecule has 1 aliphatic heterocycles. The number of rotatable bonds is 5. The van der Waals surface area contributed by atoms with Crippen LogP contribution < -0.4 is 10.3 Å². The Morgan fingerprint density at radius 2 is 1.30 bits per heavy atom. The van der Waals surface area contributed by atoms with E-state index in [0.29, 0.717) is 5.89 Å². The zero-order chi connectivity index (χ0) is 30.5. The summed E-state index contributed by atoms with van der Waals surface area (Å²) < 4.78 is 8.55. The van der Waals surface area contributed by atoms with Crippen molar-refractivity contribution in [3.63, 3.8) is 0 Å². The third-order valence-corrected chi connectivity index (χ3v) is 9.69. The Bertz CT molecular complexity index is 2390. The summed E-state index contributed by atoms with van der Waals surface area (Å²) >= 11 is 1.82. The van der Waals surface area contributed by atoms with Gasteiger partial charge in [0.05, 0.1) is 5.56 Å². The fraction of sp³-hybridized carbons (Fsp3) is 0.0250. The highest BCUT2D eigenvalue weighted by Gasteiger charge is 2.28. The van der Waals surface area contributed by atoms with Gasteiger partial charge in [-0.3, -0.25) is 0 Å². The maximum atomic E-state index is 6.07. The number of amidine groups is 2. The minimum Gasteiger partial charge on any atom is -0.436 e. The molecule has 6 heteroatoms. The Hall–Kier alpha value is -5.85. The Morgan fingerprint density at radius 3 is 2.09 bits per heavy atom. The maximum absolute atomic E-state index is 6.07. The molecule has 0 aliphatic carbocycles. The second kappa shape index (κ2) is 10.9. The highest BCUT2D eigenvalue weighted by molar-refractivity contribution is 7.26. The van der Waals surface area contributed by atoms with E-state index in [0.717, 1.165) is 56.2 Å². The van der Waals surface area contributed by atoms with E-state index in [9.17, 15) is 0 Å². The van der Waals surface area contributed by atoms with Crippen LogP contribution in [0.4, 0.5) is 0 Å². The van der Waals surface area contributed by atoms with Gasteiger partial charge in [-0.15, -0.1) is 11.3 Å². The van der Waals surface area contributed by atoms with E-state index >= 15 is 0 Å². The number of hydrogen-bond acceptors (Lipinski definition) is 5. The van der Waals surface area contributed by atoms with Gasteiger partial charge in [-0.2, -0.15) is 4.99 Å². The number of aromatic nitrogens is 1. The lowest BCUT2D eigenvalue weighted by Gasteiger charge is -2.17. The number of nitrogens with zero attached hydrogens (tertiary/aromatic N) is 2. The first-order chi connectivity index (χ1) is 22.8. The molecule has 218 valence electrons. The summed E-state index contributed by atoms with van der Waals surface area (Å²) in [5.74, 6) is 2.43. The normalized spacial score (nSPS) is 14.7. The molecule has 3 heterocycles. The smallest absolute Gasteiger partial charge is 0.283 e. The van der Waals surface area contributed by atoms with Gasteiger partial charge in [-0.1, -0.05) is 84.9 Å². The molecule has 0 fully saturated rings. The molecule has 1 atom stereocenters. The van der Waals surface area contributed by atoms with Crippen LogP contribution in [0.25, 0.3) is 53.9 Å². The number of nitrogens with one attached hydrogen (secondary N) is 2. The van der Waals surface area contributed by atoms with E-state index in [1.807, 2.05) is 72.0 Å². The van der Waals surface area contributed by atoms with Gasteiger partial charge in [0.15, 0.2) is 5.58 Å². The summed E-state index contributed by atoms with van der Waals surface area (Å²) in [6.45, 7) is 0. The van der Waals surface area contributed by atoms with Gasteiger partial charge in [0, 0.05) is 36.9 Å². The van der Waals surface area contributed by atoms with Crippen molar-refractivity contribution in [1.29, 1.82) is 0 Å². The van der Waals surface area contributed by atoms with Gasteiger partial charge >= 0.3 is 0 Å². The molecule has 0 bridgehead atoms. The first-order valence-corrected chi connectivity index (χ1v) is 16.1. The lowest BCUT2D eigenvalue weighted by Crippen LogP contribution is -2.80. The molecule has 0 amide bonds. The molecule has 1 unspecified atom stereocenters. The highest BCUT2D eigenvalue weighted by Crippen LogP contribution is 2.40. The molecule has 2 aromatic heterocycles. The van der Waals surface area contributed by atoms with Gasteiger partial charge in [0.25, 0.3) is 5.84 Å². The van der Waals surface area contributed by atoms with Crippen LogP contribution in [0, 0.1) is 0 Å². The third-order valence-electron chi connectivity index (χ3n) is 8.46. The van der Waals surface area contributed by atoms with E-state index in [1.54, 1.807) is 0 Å². The van der Waals surface area contributed by atoms with E-state index in [2.05, 4.69) is 95.2 Å². The lowest BCUT2D eigenvalue weighted by atomic mass is 10.0. The zero-order valence-electron chi connectivity index (χ0n) is 24.6. The van der Waals surface area contributed by atoms with Crippen molar-refractivity contribution in [2.45, 2.75) is 6.17 Å². The average Bonchev–Trinajstić information content (AvgIpc) is 3.74. The molecule has 9 rings (SSSR count). The van der Waals surface area contributed by atoms with Crippen LogP contribution in [0.5, 0.6) is 0 Å². The zero-order valence-corrected chi connectivity index (χ0v) is 25.5. The maximum Gasteiger partial charge on any atom is 0.283 e. The van der Waals surface area contributed by atoms with E-state index in [4.69, 9.17) is 14.4 Å². The number of oxazole rings is 1. The monoisotopic (exact) mass is 611 g/mol. The predicted octanol–water partition coefficient (Wildman–Crippen LogP) is 8.11. The first-order valence-electron chi connectivity index (χ1n) is 15.3. The fourth-order valence-corrected chi connectivity index (χ4v) is 7.38. The number of hydrogen-bond donors (Lipinski definition) is 2. The summed E-state index contributed by atoms with van der Waals surface area (Å²) in [7, 11) is 0. The van der Waals surface area contributed by atoms with Crippen molar-refractivity contribution in [2.75, 3.05) is 0 Å². The second-order valence-corrected chi connectivity index (χ2v) is 12.4. The number of aliphatic imine (C=N–C) groups is 1. The summed E-state index contributed by atoms with van der Waals surface area (Å²) in [6.07, 6.45) is -0.253. The number of fused-ring (bicyclic) bond motifs is 4. The largest absolute Gasteiger partial charge is 0.436 e. The Balaban J connectivity index is 1.14. The van der Waals surface area contributed by atoms with E-state index in [-0.39, 0.29) is 6.17 Å². The van der Waals surface area contributed by atoms with Crippen LogP contribution in [0.15, 0.2) is 155 Å². The fourth-order valence-electron chi connectivity index (χ4n) is 6.16. The quantitative estimate of drug-likeness (QED) is 0.207. The van der Waals surface area contributed by atoms with Crippen molar-refractivity contribution in [1.82, 2.24) is 10.3 Å². The summed E-state index contributed by atoms with van der Waals surface area (Å²) in [5.41, 5.74) is 8.15. The summed E-state index contributed by atoms with van der Waals surface area (Å²) in [6, 6.07) is 50.3. The average molecular weight is 612 g/mol. The van der Waals surface area contributed by atoms with E-state index in [1.165, 1.54) is 20.2 Å². The lowest BCUT2D eigenvalue weighted by molar-refractivity contribution is -0.510. The number of benzene rings is 6. The predicted molar refractivity (Wildman–Crippen MR) is 188 cm³/mol. The molecule has 46 heavy (non-hydrogen) atoms. The van der Waals surface area contributed by atoms with Gasteiger partial charge in [-0.05, 0) is 71.8 Å². The molecule has 0 radical (unpaired) electrons. The molecular formula is C40H27N4OS+. The van der Waals surface area contributed by atoms with Gasteiger partial charge < -0.3 is 4.42 Å². The van der Waals surface area contributed by atoms with Crippen LogP contribution in [0.2, 0.25) is 0 Å². The molecule has 0 saturated heterocycles. The molecule has 0 saturated carbocycles. The molecular weight excluding hydrogens is 585 g/mol. The number of thiophene rings is 1. The molecule has 0 spiro atoms. The van der Waals surface area contributed by atoms with Crippen molar-refractivity contribution in [3.05, 3.63) is 162 Å². The van der Waals surface area contributed by atoms with E-state index < -0.39 is 0 Å². The Morgan fingerprint density at radius 1 is 0.609 bits per heavy atom. The summed E-state index contributed by atoms with van der Waals surface area (Å²) in [4.78, 5) is 13.7. The van der Waals surface area contributed by atoms with Crippen LogP contribution >= 0.6 is 11.3 Å². The van der Waals surface area contributed by atoms with Crippen molar-refractivity contribution < 1.29 is 9.41 Å². The van der Waals surface area contributed by atoms with Crippen LogP contribution in [0.3, 0.4) is 0 Å². The van der Waals surface area contributed by atoms with Crippen molar-refractivity contribution in [2.24, 2.45) is 4.99 Å². The van der Waals surface area contributed by atoms with Crippen molar-refractivity contribution in [3.8, 4) is 22.6 Å². The van der Waals surface area contributed by atoms with Crippen LogP contribution in [0.1, 0.15) is 22.9 Å². The first kappa shape index (κ1) is 26.5. The molecule has 1 aliphatic rings. The topological polar surface area (TPSA) is 64.4 Å². The highest BCUT2D eigenvalue weighted by atomic mass is 32.1. The molecule has 8 aromatic rings. The molecule has 2 N–H and O–H groups in total. The minimum atomic E-state index is -0.253. The SMILES string of the molecule is c1ccc(C2=NC(c3cccc4c3sc3ccc(-c5ccc6oc(-c7ccccc7)nc6c5)cc34)[NH+]=C(c3ccccc3)N2)cc1. The Labute approximate surface area is 269 Å². The molecule has 5 nitrogen and oxygen atoms in total. The second-order valence-electron chi connectivity index (χ2n) is 11.4. The summed E-state index contributed by atoms with van der Waals surface area (Å²) in [5, 5.41) is 6.02. The van der Waals surface area contributed by atoms with Gasteiger partial charge in [0.1, 0.15) is 5.52 Å². The molecule has 6 aromatic carbocycles. The van der Waals surface area contributed by atoms with Crippen LogP contribution in [-0.4, -0.2) is 16.7 Å². The minimum absolute atomic E-state index is 0.253. The van der Waals surface area contributed by atoms with Gasteiger partial charge in [-0.25, -0.2) is 15.3 Å². The standard InChI is InChI=1S/C40H26N4OS/c1-4-11-25(12-5-1)37-42-38(26-13-6-2-7-14-26)44-39(43-37)31-18-10-17-30-32-23-28(20-22-35(32)46-36(30)31)29-19-21-34-33(24-29)41-40(45-34)27-15-8-3-9-16-27/h1-24,39H,(H,42,43,44)/p+1. The third kappa shape index (κ3) is 4.67.